The highest BCUT2D eigenvalue weighted by Gasteiger charge is 2.02. The molecule has 0 saturated heterocycles. The first-order chi connectivity index (χ1) is 6.16. The van der Waals surface area contributed by atoms with E-state index in [-0.39, 0.29) is 5.28 Å². The van der Waals surface area contributed by atoms with Crippen molar-refractivity contribution in [3.63, 3.8) is 0 Å². The molecule has 1 heterocycles. The number of nitrogens with zero attached hydrogens (tertiary/aromatic N) is 2. The minimum absolute atomic E-state index is 0.257. The van der Waals surface area contributed by atoms with Gasteiger partial charge in [0.2, 0.25) is 5.28 Å². The molecule has 0 aliphatic rings. The van der Waals surface area contributed by atoms with Crippen LogP contribution < -0.4 is 0 Å². The first-order valence-electron chi connectivity index (χ1n) is 3.76. The zero-order valence-corrected chi connectivity index (χ0v) is 8.39. The van der Waals surface area contributed by atoms with Crippen LogP contribution >= 0.6 is 23.2 Å². The van der Waals surface area contributed by atoms with Crippen molar-refractivity contribution in [3.8, 4) is 0 Å². The van der Waals surface area contributed by atoms with Crippen LogP contribution in [0, 0.1) is 6.92 Å². The van der Waals surface area contributed by atoms with Crippen LogP contribution in [0.1, 0.15) is 5.69 Å². The molecule has 2 rings (SSSR count). The average molecular weight is 213 g/mol. The summed E-state index contributed by atoms with van der Waals surface area (Å²) in [5, 5.41) is 1.89. The van der Waals surface area contributed by atoms with Gasteiger partial charge in [-0.15, -0.1) is 0 Å². The number of halogens is 2. The van der Waals surface area contributed by atoms with Crippen molar-refractivity contribution in [2.75, 3.05) is 0 Å². The molecular weight excluding hydrogens is 207 g/mol. The molecule has 0 atom stereocenters. The highest BCUT2D eigenvalue weighted by atomic mass is 35.5. The molecule has 0 spiro atoms. The maximum Gasteiger partial charge on any atom is 0.223 e. The van der Waals surface area contributed by atoms with Crippen molar-refractivity contribution in [2.45, 2.75) is 6.92 Å². The predicted molar refractivity (Wildman–Crippen MR) is 54.3 cm³/mol. The van der Waals surface area contributed by atoms with Crippen LogP contribution in [0.5, 0.6) is 0 Å². The lowest BCUT2D eigenvalue weighted by Gasteiger charge is -2.01. The van der Waals surface area contributed by atoms with Gasteiger partial charge < -0.3 is 0 Å². The van der Waals surface area contributed by atoms with E-state index in [1.807, 2.05) is 19.1 Å². The van der Waals surface area contributed by atoms with Crippen molar-refractivity contribution in [2.24, 2.45) is 0 Å². The van der Waals surface area contributed by atoms with Crippen LogP contribution in [0.2, 0.25) is 10.3 Å². The Morgan fingerprint density at radius 2 is 1.92 bits per heavy atom. The van der Waals surface area contributed by atoms with Gasteiger partial charge in [-0.3, -0.25) is 0 Å². The van der Waals surface area contributed by atoms with Crippen molar-refractivity contribution < 1.29 is 0 Å². The van der Waals surface area contributed by atoms with Crippen LogP contribution in [-0.4, -0.2) is 9.97 Å². The van der Waals surface area contributed by atoms with Gasteiger partial charge in [-0.1, -0.05) is 11.6 Å². The Hall–Kier alpha value is -0.860. The van der Waals surface area contributed by atoms with E-state index in [1.54, 1.807) is 6.07 Å². The average Bonchev–Trinajstić information content (AvgIpc) is 2.02. The van der Waals surface area contributed by atoms with Crippen molar-refractivity contribution >= 4 is 34.1 Å². The lowest BCUT2D eigenvalue weighted by Crippen LogP contribution is -1.89. The van der Waals surface area contributed by atoms with Gasteiger partial charge in [-0.05, 0) is 36.7 Å². The summed E-state index contributed by atoms with van der Waals surface area (Å²) in [6, 6.07) is 5.48. The molecule has 2 nitrogen and oxygen atoms in total. The molecule has 4 heteroatoms. The van der Waals surface area contributed by atoms with E-state index >= 15 is 0 Å². The Bertz CT molecular complexity index is 463. The minimum atomic E-state index is 0.257. The quantitative estimate of drug-likeness (QED) is 0.627. The van der Waals surface area contributed by atoms with Gasteiger partial charge in [0.05, 0.1) is 11.2 Å². The summed E-state index contributed by atoms with van der Waals surface area (Å²) in [6.45, 7) is 1.89. The maximum absolute atomic E-state index is 5.82. The predicted octanol–water partition coefficient (Wildman–Crippen LogP) is 3.25. The van der Waals surface area contributed by atoms with Crippen LogP contribution in [-0.2, 0) is 0 Å². The molecule has 0 aliphatic carbocycles. The minimum Gasteiger partial charge on any atom is -0.223 e. The second kappa shape index (κ2) is 3.13. The molecule has 0 radical (unpaired) electrons. The first kappa shape index (κ1) is 8.73. The van der Waals surface area contributed by atoms with Crippen LogP contribution in [0.15, 0.2) is 18.2 Å². The summed E-state index contributed by atoms with van der Waals surface area (Å²) in [5.74, 6) is 0. The molecule has 1 aromatic carbocycles. The van der Waals surface area contributed by atoms with Gasteiger partial charge in [0.25, 0.3) is 0 Å². The first-order valence-corrected chi connectivity index (χ1v) is 4.52. The van der Waals surface area contributed by atoms with Gasteiger partial charge in [0.1, 0.15) is 0 Å². The third kappa shape index (κ3) is 1.60. The number of fused-ring (bicyclic) bond motifs is 1. The Balaban J connectivity index is 2.86. The summed E-state index contributed by atoms with van der Waals surface area (Å²) < 4.78 is 0. The van der Waals surface area contributed by atoms with Crippen molar-refractivity contribution in [1.29, 1.82) is 0 Å². The van der Waals surface area contributed by atoms with E-state index < -0.39 is 0 Å². The van der Waals surface area contributed by atoms with Gasteiger partial charge in [0, 0.05) is 10.4 Å². The van der Waals surface area contributed by atoms with Crippen molar-refractivity contribution in [1.82, 2.24) is 9.97 Å². The van der Waals surface area contributed by atoms with E-state index in [2.05, 4.69) is 9.97 Å². The van der Waals surface area contributed by atoms with Crippen LogP contribution in [0.3, 0.4) is 0 Å². The third-order valence-corrected chi connectivity index (χ3v) is 2.23. The normalized spacial score (nSPS) is 10.7. The van der Waals surface area contributed by atoms with Crippen molar-refractivity contribution in [3.05, 3.63) is 34.2 Å². The summed E-state index contributed by atoms with van der Waals surface area (Å²) in [4.78, 5) is 8.11. The molecule has 0 saturated carbocycles. The molecule has 0 fully saturated rings. The third-order valence-electron chi connectivity index (χ3n) is 1.82. The number of rotatable bonds is 0. The fourth-order valence-corrected chi connectivity index (χ4v) is 1.61. The Morgan fingerprint density at radius 3 is 2.69 bits per heavy atom. The second-order valence-electron chi connectivity index (χ2n) is 2.74. The largest absolute Gasteiger partial charge is 0.223 e. The van der Waals surface area contributed by atoms with Crippen LogP contribution in [0.4, 0.5) is 0 Å². The zero-order valence-electron chi connectivity index (χ0n) is 6.88. The van der Waals surface area contributed by atoms with E-state index in [0.29, 0.717) is 5.02 Å². The van der Waals surface area contributed by atoms with E-state index in [4.69, 9.17) is 23.2 Å². The smallest absolute Gasteiger partial charge is 0.223 e. The molecule has 0 N–H and O–H groups in total. The molecule has 0 amide bonds. The fraction of sp³-hybridized carbons (Fsp3) is 0.111. The molecule has 0 unspecified atom stereocenters. The maximum atomic E-state index is 5.82. The molecule has 13 heavy (non-hydrogen) atoms. The Kier molecular flexibility index (Phi) is 2.10. The lowest BCUT2D eigenvalue weighted by atomic mass is 10.2. The summed E-state index contributed by atoms with van der Waals surface area (Å²) in [5.41, 5.74) is 1.65. The van der Waals surface area contributed by atoms with E-state index in [1.165, 1.54) is 0 Å². The summed E-state index contributed by atoms with van der Waals surface area (Å²) in [7, 11) is 0. The highest BCUT2D eigenvalue weighted by Crippen LogP contribution is 2.20. The molecule has 66 valence electrons. The summed E-state index contributed by atoms with van der Waals surface area (Å²) >= 11 is 11.5. The molecular formula is C9H6Cl2N2. The molecule has 2 aromatic rings. The number of hydrogen-bond donors (Lipinski definition) is 0. The van der Waals surface area contributed by atoms with Gasteiger partial charge in [-0.2, -0.15) is 0 Å². The number of aromatic nitrogens is 2. The standard InChI is InChI=1S/C9H6Cl2N2/c1-5-7-3-2-6(10)4-8(7)13-9(11)12-5/h2-4H,1H3. The fourth-order valence-electron chi connectivity index (χ4n) is 1.23. The Labute approximate surface area is 85.5 Å². The Morgan fingerprint density at radius 1 is 1.15 bits per heavy atom. The molecule has 1 aromatic heterocycles. The summed E-state index contributed by atoms with van der Waals surface area (Å²) in [6.07, 6.45) is 0. The van der Waals surface area contributed by atoms with Gasteiger partial charge in [0.15, 0.2) is 0 Å². The van der Waals surface area contributed by atoms with E-state index in [0.717, 1.165) is 16.6 Å². The van der Waals surface area contributed by atoms with Crippen LogP contribution in [0.25, 0.3) is 10.9 Å². The van der Waals surface area contributed by atoms with Gasteiger partial charge in [-0.25, -0.2) is 9.97 Å². The molecule has 0 bridgehead atoms. The lowest BCUT2D eigenvalue weighted by molar-refractivity contribution is 1.15. The number of benzene rings is 1. The highest BCUT2D eigenvalue weighted by molar-refractivity contribution is 6.31. The van der Waals surface area contributed by atoms with Gasteiger partial charge >= 0.3 is 0 Å². The number of aryl methyl sites for hydroxylation is 1. The second-order valence-corrected chi connectivity index (χ2v) is 3.51. The molecule has 0 aliphatic heterocycles. The topological polar surface area (TPSA) is 25.8 Å². The number of hydrogen-bond acceptors (Lipinski definition) is 2. The monoisotopic (exact) mass is 212 g/mol. The zero-order chi connectivity index (χ0) is 9.42. The SMILES string of the molecule is Cc1nc(Cl)nc2cc(Cl)ccc12. The van der Waals surface area contributed by atoms with E-state index in [9.17, 15) is 0 Å².